The molecule has 4 fully saturated rings. The molecule has 3 heteroatoms. The van der Waals surface area contributed by atoms with Gasteiger partial charge in [-0.3, -0.25) is 0 Å². The van der Waals surface area contributed by atoms with Crippen LogP contribution >= 0.6 is 0 Å². The van der Waals surface area contributed by atoms with Crippen molar-refractivity contribution < 1.29 is 14.2 Å². The fourth-order valence-corrected chi connectivity index (χ4v) is 5.11. The fourth-order valence-electron chi connectivity index (χ4n) is 5.11. The van der Waals surface area contributed by atoms with Crippen molar-refractivity contribution in [1.29, 1.82) is 0 Å². The lowest BCUT2D eigenvalue weighted by atomic mass is 9.74. The molecule has 120 valence electrons. The van der Waals surface area contributed by atoms with Gasteiger partial charge in [-0.25, -0.2) is 0 Å². The van der Waals surface area contributed by atoms with Crippen molar-refractivity contribution in [3.63, 3.8) is 0 Å². The van der Waals surface area contributed by atoms with E-state index in [1.165, 1.54) is 51.4 Å². The highest BCUT2D eigenvalue weighted by Crippen LogP contribution is 2.43. The Kier molecular flexibility index (Phi) is 4.52. The number of hydrogen-bond donors (Lipinski definition) is 0. The van der Waals surface area contributed by atoms with Crippen molar-refractivity contribution in [3.05, 3.63) is 0 Å². The standard InChI is InChI=1S/C18H30O3/c1-2-8-20-17(3-1)15-6-5-14(11-19-12-15)16-7-4-13-9-18(16)21-10-13/h13-18H,1-12H2. The average Bonchev–Trinajstić information content (AvgIpc) is 2.75. The summed E-state index contributed by atoms with van der Waals surface area (Å²) >= 11 is 0. The van der Waals surface area contributed by atoms with E-state index >= 15 is 0 Å². The van der Waals surface area contributed by atoms with Gasteiger partial charge in [0.15, 0.2) is 0 Å². The zero-order chi connectivity index (χ0) is 14.1. The summed E-state index contributed by atoms with van der Waals surface area (Å²) in [6, 6.07) is 0. The lowest BCUT2D eigenvalue weighted by Gasteiger charge is -2.33. The van der Waals surface area contributed by atoms with Crippen LogP contribution in [0.3, 0.4) is 0 Å². The normalized spacial score (nSPS) is 48.0. The van der Waals surface area contributed by atoms with E-state index in [-0.39, 0.29) is 0 Å². The molecule has 1 saturated carbocycles. The Morgan fingerprint density at radius 1 is 0.667 bits per heavy atom. The van der Waals surface area contributed by atoms with Crippen LogP contribution in [0.15, 0.2) is 0 Å². The lowest BCUT2D eigenvalue weighted by molar-refractivity contribution is -0.0456. The molecule has 4 rings (SSSR count). The third kappa shape index (κ3) is 3.16. The predicted molar refractivity (Wildman–Crippen MR) is 81.2 cm³/mol. The summed E-state index contributed by atoms with van der Waals surface area (Å²) in [5.41, 5.74) is 0. The Morgan fingerprint density at radius 3 is 2.48 bits per heavy atom. The summed E-state index contributed by atoms with van der Waals surface area (Å²) in [6.45, 7) is 3.86. The summed E-state index contributed by atoms with van der Waals surface area (Å²) in [5, 5.41) is 0. The van der Waals surface area contributed by atoms with Gasteiger partial charge in [-0.15, -0.1) is 0 Å². The van der Waals surface area contributed by atoms with Crippen molar-refractivity contribution in [2.45, 2.75) is 63.6 Å². The SMILES string of the molecule is C1CCC(C2CCC(C3CCC4COC3C4)COC2)OC1. The predicted octanol–water partition coefficient (Wildman–Crippen LogP) is 3.41. The van der Waals surface area contributed by atoms with Crippen LogP contribution in [0.1, 0.15) is 51.4 Å². The largest absolute Gasteiger partial charge is 0.381 e. The van der Waals surface area contributed by atoms with Crippen LogP contribution in [0.2, 0.25) is 0 Å². The Hall–Kier alpha value is -0.120. The molecule has 0 aromatic rings. The van der Waals surface area contributed by atoms with Gasteiger partial charge in [0, 0.05) is 25.7 Å². The van der Waals surface area contributed by atoms with Crippen LogP contribution in [-0.4, -0.2) is 38.6 Å². The summed E-state index contributed by atoms with van der Waals surface area (Å²) < 4.78 is 18.1. The van der Waals surface area contributed by atoms with Gasteiger partial charge in [-0.1, -0.05) is 0 Å². The summed E-state index contributed by atoms with van der Waals surface area (Å²) in [5.74, 6) is 2.98. The molecule has 0 amide bonds. The van der Waals surface area contributed by atoms with Crippen LogP contribution in [0, 0.1) is 23.7 Å². The molecule has 0 spiro atoms. The molecular formula is C18H30O3. The molecule has 3 saturated heterocycles. The topological polar surface area (TPSA) is 27.7 Å². The maximum Gasteiger partial charge on any atom is 0.0625 e. The van der Waals surface area contributed by atoms with E-state index in [1.807, 2.05) is 0 Å². The van der Waals surface area contributed by atoms with Gasteiger partial charge in [0.2, 0.25) is 0 Å². The third-order valence-corrected chi connectivity index (χ3v) is 6.42. The number of ether oxygens (including phenoxy) is 3. The van der Waals surface area contributed by atoms with Gasteiger partial charge >= 0.3 is 0 Å². The zero-order valence-electron chi connectivity index (χ0n) is 13.2. The Labute approximate surface area is 128 Å². The van der Waals surface area contributed by atoms with Gasteiger partial charge in [-0.05, 0) is 69.1 Å². The number of hydrogen-bond acceptors (Lipinski definition) is 3. The van der Waals surface area contributed by atoms with Crippen LogP contribution < -0.4 is 0 Å². The molecule has 0 aromatic heterocycles. The molecule has 6 unspecified atom stereocenters. The lowest BCUT2D eigenvalue weighted by Crippen LogP contribution is -2.32. The molecule has 2 bridgehead atoms. The Bertz CT molecular complexity index is 339. The molecule has 3 nitrogen and oxygen atoms in total. The second-order valence-corrected chi connectivity index (χ2v) is 7.75. The van der Waals surface area contributed by atoms with Crippen LogP contribution in [0.25, 0.3) is 0 Å². The first-order valence-corrected chi connectivity index (χ1v) is 9.21. The van der Waals surface area contributed by atoms with E-state index < -0.39 is 0 Å². The minimum absolute atomic E-state index is 0.468. The van der Waals surface area contributed by atoms with Gasteiger partial charge in [0.1, 0.15) is 0 Å². The fraction of sp³-hybridized carbons (Fsp3) is 1.00. The first kappa shape index (κ1) is 14.5. The summed E-state index contributed by atoms with van der Waals surface area (Å²) in [6.07, 6.45) is 11.5. The monoisotopic (exact) mass is 294 g/mol. The van der Waals surface area contributed by atoms with E-state index in [1.54, 1.807) is 0 Å². The van der Waals surface area contributed by atoms with Gasteiger partial charge in [0.25, 0.3) is 0 Å². The van der Waals surface area contributed by atoms with E-state index in [0.29, 0.717) is 18.1 Å². The molecule has 0 radical (unpaired) electrons. The van der Waals surface area contributed by atoms with Gasteiger partial charge in [-0.2, -0.15) is 0 Å². The average molecular weight is 294 g/mol. The van der Waals surface area contributed by atoms with Crippen LogP contribution in [0.5, 0.6) is 0 Å². The van der Waals surface area contributed by atoms with Crippen LogP contribution in [0.4, 0.5) is 0 Å². The van der Waals surface area contributed by atoms with Gasteiger partial charge < -0.3 is 14.2 Å². The second-order valence-electron chi connectivity index (χ2n) is 7.75. The van der Waals surface area contributed by atoms with Crippen molar-refractivity contribution in [1.82, 2.24) is 0 Å². The number of fused-ring (bicyclic) bond motifs is 2. The van der Waals surface area contributed by atoms with Crippen molar-refractivity contribution in [2.24, 2.45) is 23.7 Å². The quantitative estimate of drug-likeness (QED) is 0.781. The Balaban J connectivity index is 1.34. The first-order chi connectivity index (χ1) is 10.4. The molecule has 6 atom stereocenters. The molecule has 21 heavy (non-hydrogen) atoms. The molecule has 0 N–H and O–H groups in total. The summed E-state index contributed by atoms with van der Waals surface area (Å²) in [7, 11) is 0. The number of rotatable bonds is 2. The van der Waals surface area contributed by atoms with E-state index in [4.69, 9.17) is 14.2 Å². The maximum atomic E-state index is 6.10. The van der Waals surface area contributed by atoms with Crippen molar-refractivity contribution >= 4 is 0 Å². The molecule has 1 aliphatic carbocycles. The maximum absolute atomic E-state index is 6.10. The van der Waals surface area contributed by atoms with E-state index in [2.05, 4.69) is 0 Å². The second kappa shape index (κ2) is 6.55. The molecule has 0 aromatic carbocycles. The zero-order valence-corrected chi connectivity index (χ0v) is 13.2. The van der Waals surface area contributed by atoms with E-state index in [9.17, 15) is 0 Å². The van der Waals surface area contributed by atoms with E-state index in [0.717, 1.165) is 44.2 Å². The van der Waals surface area contributed by atoms with Crippen molar-refractivity contribution in [3.8, 4) is 0 Å². The Morgan fingerprint density at radius 2 is 1.57 bits per heavy atom. The van der Waals surface area contributed by atoms with Gasteiger partial charge in [0.05, 0.1) is 18.8 Å². The highest BCUT2D eigenvalue weighted by atomic mass is 16.5. The third-order valence-electron chi connectivity index (χ3n) is 6.42. The molecule has 3 heterocycles. The minimum Gasteiger partial charge on any atom is -0.381 e. The van der Waals surface area contributed by atoms with Crippen molar-refractivity contribution in [2.75, 3.05) is 26.4 Å². The van der Waals surface area contributed by atoms with Crippen LogP contribution in [-0.2, 0) is 14.2 Å². The summed E-state index contributed by atoms with van der Waals surface area (Å²) in [4.78, 5) is 0. The first-order valence-electron chi connectivity index (χ1n) is 9.21. The smallest absolute Gasteiger partial charge is 0.0625 e. The molecule has 4 aliphatic rings. The highest BCUT2D eigenvalue weighted by molar-refractivity contribution is 4.90. The minimum atomic E-state index is 0.468. The molecular weight excluding hydrogens is 264 g/mol. The highest BCUT2D eigenvalue weighted by Gasteiger charge is 2.41. The molecule has 3 aliphatic heterocycles.